The molecule has 2 unspecified atom stereocenters. The third kappa shape index (κ3) is 2.56. The molecule has 0 bridgehead atoms. The van der Waals surface area contributed by atoms with Crippen LogP contribution in [0.4, 0.5) is 0 Å². The van der Waals surface area contributed by atoms with Gasteiger partial charge >= 0.3 is 0 Å². The molecule has 1 aliphatic rings. The van der Waals surface area contributed by atoms with Crippen LogP contribution in [-0.2, 0) is 4.79 Å². The quantitative estimate of drug-likeness (QED) is 0.638. The average molecular weight is 210 g/mol. The van der Waals surface area contributed by atoms with Crippen LogP contribution < -0.4 is 0 Å². The summed E-state index contributed by atoms with van der Waals surface area (Å²) in [5, 5.41) is 1.26. The van der Waals surface area contributed by atoms with E-state index in [-0.39, 0.29) is 5.92 Å². The van der Waals surface area contributed by atoms with Crippen LogP contribution in [-0.4, -0.2) is 13.9 Å². The fourth-order valence-electron chi connectivity index (χ4n) is 2.09. The Morgan fingerprint density at radius 2 is 1.93 bits per heavy atom. The van der Waals surface area contributed by atoms with Gasteiger partial charge in [-0.2, -0.15) is 0 Å². The average Bonchev–Trinajstić information content (AvgIpc) is 2.01. The van der Waals surface area contributed by atoms with E-state index < -0.39 is 8.07 Å². The smallest absolute Gasteiger partial charge is 0.139 e. The summed E-state index contributed by atoms with van der Waals surface area (Å²) in [6.07, 6.45) is 3.01. The third-order valence-electron chi connectivity index (χ3n) is 3.27. The van der Waals surface area contributed by atoms with Crippen molar-refractivity contribution in [2.75, 3.05) is 0 Å². The van der Waals surface area contributed by atoms with Crippen molar-refractivity contribution in [3.8, 4) is 0 Å². The predicted octanol–water partition coefficient (Wildman–Crippen LogP) is 3.43. The number of rotatable bonds is 2. The zero-order valence-corrected chi connectivity index (χ0v) is 10.9. The van der Waals surface area contributed by atoms with Crippen molar-refractivity contribution in [3.63, 3.8) is 0 Å². The number of ketones is 1. The van der Waals surface area contributed by atoms with Crippen molar-refractivity contribution in [1.82, 2.24) is 0 Å². The Morgan fingerprint density at radius 3 is 2.36 bits per heavy atom. The Bertz CT molecular complexity index is 250. The number of carbonyl (C=O) groups excluding carboxylic acids is 1. The first-order valence-electron chi connectivity index (χ1n) is 5.54. The van der Waals surface area contributed by atoms with Crippen LogP contribution in [0, 0.1) is 11.8 Å². The molecule has 1 aliphatic carbocycles. The molecule has 14 heavy (non-hydrogen) atoms. The number of allylic oxidation sites excluding steroid dienone is 1. The maximum Gasteiger partial charge on any atom is 0.139 e. The van der Waals surface area contributed by atoms with E-state index in [9.17, 15) is 4.79 Å². The molecule has 0 spiro atoms. The van der Waals surface area contributed by atoms with Gasteiger partial charge in [0.1, 0.15) is 5.78 Å². The lowest BCUT2D eigenvalue weighted by Gasteiger charge is -2.32. The van der Waals surface area contributed by atoms with E-state index >= 15 is 0 Å². The molecule has 1 nitrogen and oxygen atoms in total. The largest absolute Gasteiger partial charge is 0.299 e. The topological polar surface area (TPSA) is 17.1 Å². The van der Waals surface area contributed by atoms with Crippen molar-refractivity contribution >= 4 is 13.9 Å². The number of Topliss-reactive ketones (excluding diaryl/α,β-unsaturated/α-hetero) is 1. The predicted molar refractivity (Wildman–Crippen MR) is 64.0 cm³/mol. The second kappa shape index (κ2) is 4.01. The van der Waals surface area contributed by atoms with Gasteiger partial charge in [0, 0.05) is 12.3 Å². The van der Waals surface area contributed by atoms with E-state index in [2.05, 4.69) is 33.1 Å². The van der Waals surface area contributed by atoms with Crippen molar-refractivity contribution in [2.24, 2.45) is 11.8 Å². The molecule has 0 aliphatic heterocycles. The first kappa shape index (κ1) is 11.7. The summed E-state index contributed by atoms with van der Waals surface area (Å²) in [6, 6.07) is 0. The van der Waals surface area contributed by atoms with Crippen molar-refractivity contribution in [3.05, 3.63) is 11.8 Å². The first-order valence-corrected chi connectivity index (χ1v) is 9.04. The van der Waals surface area contributed by atoms with E-state index in [0.717, 1.165) is 12.8 Å². The van der Waals surface area contributed by atoms with Gasteiger partial charge in [-0.05, 0) is 18.8 Å². The molecule has 80 valence electrons. The van der Waals surface area contributed by atoms with Crippen LogP contribution >= 0.6 is 0 Å². The van der Waals surface area contributed by atoms with Crippen molar-refractivity contribution in [1.29, 1.82) is 0 Å². The fraction of sp³-hybridized carbons (Fsp3) is 0.750. The van der Waals surface area contributed by atoms with Gasteiger partial charge in [0.05, 0.1) is 8.07 Å². The minimum atomic E-state index is -1.33. The minimum Gasteiger partial charge on any atom is -0.299 e. The van der Waals surface area contributed by atoms with E-state index in [0.29, 0.717) is 11.7 Å². The maximum absolute atomic E-state index is 11.9. The van der Waals surface area contributed by atoms with Gasteiger partial charge in [-0.1, -0.05) is 31.8 Å². The summed E-state index contributed by atoms with van der Waals surface area (Å²) in [5.41, 5.74) is 0. The van der Waals surface area contributed by atoms with Crippen molar-refractivity contribution in [2.45, 2.75) is 45.8 Å². The summed E-state index contributed by atoms with van der Waals surface area (Å²) in [6.45, 7) is 13.2. The first-order chi connectivity index (χ1) is 6.32. The Morgan fingerprint density at radius 1 is 1.36 bits per heavy atom. The second-order valence-corrected chi connectivity index (χ2v) is 10.8. The Hall–Kier alpha value is -0.373. The molecule has 0 amide bonds. The standard InChI is InChI=1S/C12H22OSi/c1-9-6-7-11(12(13)8-9)10(2)14(3,4)5/h9,11H,2,6-8H2,1,3-5H3. The van der Waals surface area contributed by atoms with Crippen molar-refractivity contribution < 1.29 is 4.79 Å². The molecule has 0 radical (unpaired) electrons. The number of hydrogen-bond acceptors (Lipinski definition) is 1. The highest BCUT2D eigenvalue weighted by atomic mass is 28.3. The van der Waals surface area contributed by atoms with Gasteiger partial charge in [0.15, 0.2) is 0 Å². The number of carbonyl (C=O) groups is 1. The molecule has 2 heteroatoms. The number of hydrogen-bond donors (Lipinski definition) is 0. The molecular formula is C12H22OSi. The van der Waals surface area contributed by atoms with E-state index in [4.69, 9.17) is 0 Å². The van der Waals surface area contributed by atoms with Crippen LogP contribution in [0.25, 0.3) is 0 Å². The summed E-state index contributed by atoms with van der Waals surface area (Å²) >= 11 is 0. The zero-order chi connectivity index (χ0) is 10.9. The third-order valence-corrected chi connectivity index (χ3v) is 5.55. The van der Waals surface area contributed by atoms with Crippen LogP contribution in [0.15, 0.2) is 11.8 Å². The second-order valence-electron chi connectivity index (χ2n) is 5.68. The monoisotopic (exact) mass is 210 g/mol. The Balaban J connectivity index is 2.70. The molecule has 1 fully saturated rings. The molecule has 0 saturated heterocycles. The highest BCUT2D eigenvalue weighted by Crippen LogP contribution is 2.33. The summed E-state index contributed by atoms with van der Waals surface area (Å²) in [4.78, 5) is 11.9. The molecule has 0 aromatic heterocycles. The van der Waals surface area contributed by atoms with Gasteiger partial charge < -0.3 is 0 Å². The SMILES string of the molecule is C=C(C1CCC(C)CC1=O)[Si](C)(C)C. The Labute approximate surface area is 88.6 Å². The molecule has 0 aromatic carbocycles. The minimum absolute atomic E-state index is 0.192. The lowest BCUT2D eigenvalue weighted by atomic mass is 9.82. The van der Waals surface area contributed by atoms with Crippen LogP contribution in [0.2, 0.25) is 19.6 Å². The maximum atomic E-state index is 11.9. The van der Waals surface area contributed by atoms with Gasteiger partial charge in [0.25, 0.3) is 0 Å². The highest BCUT2D eigenvalue weighted by molar-refractivity contribution is 6.83. The molecule has 1 saturated carbocycles. The van der Waals surface area contributed by atoms with Gasteiger partial charge in [-0.25, -0.2) is 0 Å². The summed E-state index contributed by atoms with van der Waals surface area (Å²) in [7, 11) is -1.33. The van der Waals surface area contributed by atoms with E-state index in [1.54, 1.807) is 0 Å². The van der Waals surface area contributed by atoms with Gasteiger partial charge in [-0.15, -0.1) is 6.58 Å². The fourth-order valence-corrected chi connectivity index (χ4v) is 3.44. The van der Waals surface area contributed by atoms with Gasteiger partial charge in [-0.3, -0.25) is 4.79 Å². The van der Waals surface area contributed by atoms with Crippen LogP contribution in [0.5, 0.6) is 0 Å². The van der Waals surface area contributed by atoms with Gasteiger partial charge in [0.2, 0.25) is 0 Å². The van der Waals surface area contributed by atoms with Crippen LogP contribution in [0.3, 0.4) is 0 Å². The van der Waals surface area contributed by atoms with E-state index in [1.807, 2.05) is 0 Å². The summed E-state index contributed by atoms with van der Waals surface area (Å²) < 4.78 is 0. The lowest BCUT2D eigenvalue weighted by molar-refractivity contribution is -0.124. The zero-order valence-electron chi connectivity index (χ0n) is 9.89. The Kier molecular flexibility index (Phi) is 3.35. The molecule has 1 rings (SSSR count). The molecule has 0 heterocycles. The van der Waals surface area contributed by atoms with E-state index in [1.165, 1.54) is 11.6 Å². The van der Waals surface area contributed by atoms with Crippen LogP contribution in [0.1, 0.15) is 26.2 Å². The lowest BCUT2D eigenvalue weighted by Crippen LogP contribution is -2.35. The molecule has 0 aromatic rings. The summed E-state index contributed by atoms with van der Waals surface area (Å²) in [5.74, 6) is 1.22. The molecular weight excluding hydrogens is 188 g/mol. The molecule has 2 atom stereocenters. The normalized spacial score (nSPS) is 29.0. The highest BCUT2D eigenvalue weighted by Gasteiger charge is 2.33. The molecule has 0 N–H and O–H groups in total.